The lowest BCUT2D eigenvalue weighted by Gasteiger charge is -2.24. The number of halogens is 4. The Balaban J connectivity index is 1.74. The molecule has 0 N–H and O–H groups in total. The summed E-state index contributed by atoms with van der Waals surface area (Å²) < 4.78 is 42.0. The number of aryl methyl sites for hydroxylation is 2. The lowest BCUT2D eigenvalue weighted by molar-refractivity contribution is -0.138. The molecular formula is C20H19ClF3N3. The number of benzene rings is 1. The van der Waals surface area contributed by atoms with Gasteiger partial charge in [0, 0.05) is 60.1 Å². The van der Waals surface area contributed by atoms with Crippen LogP contribution in [0.4, 0.5) is 13.2 Å². The number of aromatic nitrogens is 2. The molecule has 7 heteroatoms. The van der Waals surface area contributed by atoms with Gasteiger partial charge in [-0.3, -0.25) is 4.98 Å². The maximum absolute atomic E-state index is 13.3. The number of hydrogen-bond acceptors (Lipinski definition) is 2. The highest BCUT2D eigenvalue weighted by atomic mass is 35.5. The largest absolute Gasteiger partial charge is 0.416 e. The van der Waals surface area contributed by atoms with E-state index in [2.05, 4.69) is 21.5 Å². The van der Waals surface area contributed by atoms with E-state index in [0.717, 1.165) is 36.5 Å². The molecule has 0 bridgehead atoms. The van der Waals surface area contributed by atoms with Gasteiger partial charge in [-0.05, 0) is 48.9 Å². The van der Waals surface area contributed by atoms with Crippen molar-refractivity contribution in [3.63, 3.8) is 0 Å². The Bertz CT molecular complexity index is 994. The van der Waals surface area contributed by atoms with Crippen molar-refractivity contribution in [3.8, 4) is 0 Å². The van der Waals surface area contributed by atoms with E-state index in [-0.39, 0.29) is 12.0 Å². The fourth-order valence-corrected chi connectivity index (χ4v) is 4.12. The molecule has 0 aliphatic carbocycles. The lowest BCUT2D eigenvalue weighted by Crippen LogP contribution is -2.27. The zero-order chi connectivity index (χ0) is 19.2. The molecule has 2 aromatic heterocycles. The van der Waals surface area contributed by atoms with Gasteiger partial charge in [-0.25, -0.2) is 0 Å². The average Bonchev–Trinajstić information content (AvgIpc) is 2.92. The molecule has 1 aromatic carbocycles. The number of alkyl halides is 3. The van der Waals surface area contributed by atoms with Crippen molar-refractivity contribution in [2.45, 2.75) is 32.1 Å². The molecule has 0 saturated carbocycles. The minimum Gasteiger partial charge on any atom is -0.344 e. The molecule has 27 heavy (non-hydrogen) atoms. The normalized spacial score (nSPS) is 15.3. The van der Waals surface area contributed by atoms with Gasteiger partial charge in [-0.2, -0.15) is 13.2 Å². The summed E-state index contributed by atoms with van der Waals surface area (Å²) in [6.07, 6.45) is -0.704. The van der Waals surface area contributed by atoms with E-state index in [1.807, 2.05) is 18.2 Å². The van der Waals surface area contributed by atoms with Crippen molar-refractivity contribution in [1.82, 2.24) is 14.5 Å². The van der Waals surface area contributed by atoms with Gasteiger partial charge in [0.1, 0.15) is 0 Å². The monoisotopic (exact) mass is 393 g/mol. The average molecular weight is 394 g/mol. The molecule has 0 atom stereocenters. The first-order valence-corrected chi connectivity index (χ1v) is 9.20. The van der Waals surface area contributed by atoms with Gasteiger partial charge in [-0.1, -0.05) is 11.6 Å². The minimum absolute atomic E-state index is 0.225. The van der Waals surface area contributed by atoms with Gasteiger partial charge in [-0.15, -0.1) is 0 Å². The molecular weight excluding hydrogens is 375 g/mol. The molecule has 3 nitrogen and oxygen atoms in total. The van der Waals surface area contributed by atoms with Gasteiger partial charge >= 0.3 is 6.18 Å². The Labute approximate surface area is 160 Å². The third kappa shape index (κ3) is 3.44. The Kier molecular flexibility index (Phi) is 4.64. The SMILES string of the molecule is CN1CCc2c(c3cc(Cl)ccc3n2CCc2cnccc2C(F)(F)F)C1. The summed E-state index contributed by atoms with van der Waals surface area (Å²) in [5.74, 6) is 0. The third-order valence-electron chi connectivity index (χ3n) is 5.22. The molecule has 1 aliphatic heterocycles. The summed E-state index contributed by atoms with van der Waals surface area (Å²) in [6, 6.07) is 6.80. The molecule has 1 aliphatic rings. The standard InChI is InChI=1S/C20H19ClF3N3/c1-26-8-6-19-16(12-26)15-10-14(21)2-3-18(15)27(19)9-5-13-11-25-7-4-17(13)20(22,23)24/h2-4,7,10-11H,5-6,8-9,12H2,1H3. The molecule has 0 fully saturated rings. The number of hydrogen-bond donors (Lipinski definition) is 0. The van der Waals surface area contributed by atoms with E-state index < -0.39 is 11.7 Å². The van der Waals surface area contributed by atoms with Crippen LogP contribution >= 0.6 is 11.6 Å². The maximum Gasteiger partial charge on any atom is 0.416 e. The Morgan fingerprint density at radius 3 is 2.81 bits per heavy atom. The van der Waals surface area contributed by atoms with Crippen LogP contribution in [0, 0.1) is 0 Å². The van der Waals surface area contributed by atoms with Crippen LogP contribution in [0.1, 0.15) is 22.4 Å². The predicted molar refractivity (Wildman–Crippen MR) is 99.9 cm³/mol. The lowest BCUT2D eigenvalue weighted by atomic mass is 10.0. The van der Waals surface area contributed by atoms with Gasteiger partial charge < -0.3 is 9.47 Å². The smallest absolute Gasteiger partial charge is 0.344 e. The van der Waals surface area contributed by atoms with Crippen LogP contribution in [-0.2, 0) is 32.1 Å². The highest BCUT2D eigenvalue weighted by molar-refractivity contribution is 6.31. The van der Waals surface area contributed by atoms with Crippen LogP contribution < -0.4 is 0 Å². The van der Waals surface area contributed by atoms with Crippen LogP contribution in [0.2, 0.25) is 5.02 Å². The van der Waals surface area contributed by atoms with Crippen LogP contribution in [0.3, 0.4) is 0 Å². The second-order valence-corrected chi connectivity index (χ2v) is 7.44. The number of fused-ring (bicyclic) bond motifs is 3. The number of likely N-dealkylation sites (N-methyl/N-ethyl adjacent to an activating group) is 1. The first-order chi connectivity index (χ1) is 12.8. The molecule has 3 aromatic rings. The number of rotatable bonds is 3. The highest BCUT2D eigenvalue weighted by Gasteiger charge is 2.33. The third-order valence-corrected chi connectivity index (χ3v) is 5.46. The zero-order valence-electron chi connectivity index (χ0n) is 14.9. The number of pyridine rings is 1. The van der Waals surface area contributed by atoms with E-state index in [1.54, 1.807) is 0 Å². The molecule has 0 amide bonds. The van der Waals surface area contributed by atoms with E-state index in [1.165, 1.54) is 23.7 Å². The summed E-state index contributed by atoms with van der Waals surface area (Å²) in [4.78, 5) is 6.14. The van der Waals surface area contributed by atoms with Crippen molar-refractivity contribution in [2.24, 2.45) is 0 Å². The predicted octanol–water partition coefficient (Wildman–Crippen LogP) is 4.94. The van der Waals surface area contributed by atoms with Crippen molar-refractivity contribution in [3.05, 3.63) is 64.1 Å². The van der Waals surface area contributed by atoms with Crippen LogP contribution in [0.15, 0.2) is 36.7 Å². The second-order valence-electron chi connectivity index (χ2n) is 7.01. The topological polar surface area (TPSA) is 21.1 Å². The van der Waals surface area contributed by atoms with Crippen LogP contribution in [0.25, 0.3) is 10.9 Å². The summed E-state index contributed by atoms with van der Waals surface area (Å²) in [5.41, 5.74) is 3.07. The van der Waals surface area contributed by atoms with Crippen molar-refractivity contribution in [1.29, 1.82) is 0 Å². The molecule has 0 spiro atoms. The first kappa shape index (κ1) is 18.3. The van der Waals surface area contributed by atoms with Crippen molar-refractivity contribution in [2.75, 3.05) is 13.6 Å². The molecule has 4 rings (SSSR count). The molecule has 0 saturated heterocycles. The quantitative estimate of drug-likeness (QED) is 0.628. The van der Waals surface area contributed by atoms with Crippen LogP contribution in [0.5, 0.6) is 0 Å². The summed E-state index contributed by atoms with van der Waals surface area (Å²) in [5, 5.41) is 1.76. The van der Waals surface area contributed by atoms with Gasteiger partial charge in [0.2, 0.25) is 0 Å². The molecule has 0 unspecified atom stereocenters. The zero-order valence-corrected chi connectivity index (χ0v) is 15.6. The van der Waals surface area contributed by atoms with Crippen LogP contribution in [-0.4, -0.2) is 28.0 Å². The Morgan fingerprint density at radius 2 is 2.04 bits per heavy atom. The van der Waals surface area contributed by atoms with E-state index in [4.69, 9.17) is 11.6 Å². The second kappa shape index (κ2) is 6.84. The van der Waals surface area contributed by atoms with E-state index in [0.29, 0.717) is 11.6 Å². The highest BCUT2D eigenvalue weighted by Crippen LogP contribution is 2.34. The summed E-state index contributed by atoms with van der Waals surface area (Å²) in [7, 11) is 2.07. The molecule has 3 heterocycles. The van der Waals surface area contributed by atoms with E-state index in [9.17, 15) is 13.2 Å². The van der Waals surface area contributed by atoms with E-state index >= 15 is 0 Å². The van der Waals surface area contributed by atoms with Crippen molar-refractivity contribution < 1.29 is 13.2 Å². The van der Waals surface area contributed by atoms with Gasteiger partial charge in [0.15, 0.2) is 0 Å². The number of nitrogens with zero attached hydrogens (tertiary/aromatic N) is 3. The Hall–Kier alpha value is -2.05. The van der Waals surface area contributed by atoms with Gasteiger partial charge in [0.05, 0.1) is 5.56 Å². The fourth-order valence-electron chi connectivity index (χ4n) is 3.95. The summed E-state index contributed by atoms with van der Waals surface area (Å²) in [6.45, 7) is 2.23. The molecule has 0 radical (unpaired) electrons. The van der Waals surface area contributed by atoms with Gasteiger partial charge in [0.25, 0.3) is 0 Å². The first-order valence-electron chi connectivity index (χ1n) is 8.82. The minimum atomic E-state index is -4.37. The summed E-state index contributed by atoms with van der Waals surface area (Å²) >= 11 is 6.19. The Morgan fingerprint density at radius 1 is 1.22 bits per heavy atom. The molecule has 142 valence electrons. The fraction of sp³-hybridized carbons (Fsp3) is 0.350. The van der Waals surface area contributed by atoms with Crippen molar-refractivity contribution >= 4 is 22.5 Å². The maximum atomic E-state index is 13.3.